The number of para-hydroxylation sites is 1. The zero-order valence-electron chi connectivity index (χ0n) is 34.5. The monoisotopic (exact) mass is 866 g/mol. The van der Waals surface area contributed by atoms with E-state index in [1.807, 2.05) is 36.4 Å². The van der Waals surface area contributed by atoms with Crippen LogP contribution in [-0.2, 0) is 43.1 Å². The number of hydrogen-bond acceptors (Lipinski definition) is 14. The van der Waals surface area contributed by atoms with Gasteiger partial charge in [0.25, 0.3) is 11.8 Å². The highest BCUT2D eigenvalue weighted by Gasteiger charge is 2.32. The molecule has 1 aliphatic carbocycles. The minimum absolute atomic E-state index is 0.0213. The molecule has 18 nitrogen and oxygen atoms in total. The van der Waals surface area contributed by atoms with Crippen molar-refractivity contribution in [1.29, 1.82) is 0 Å². The van der Waals surface area contributed by atoms with Crippen molar-refractivity contribution in [2.75, 3.05) is 33.6 Å². The molecule has 1 heterocycles. The summed E-state index contributed by atoms with van der Waals surface area (Å²) in [6.45, 7) is -0.695. The number of esters is 1. The minimum Gasteiger partial charge on any atom is -0.494 e. The first-order valence-corrected chi connectivity index (χ1v) is 20.7. The number of ether oxygens (including phenoxy) is 3. The number of phosphoric ester groups is 1. The largest absolute Gasteiger partial charge is 0.530 e. The number of hydrogen-bond donors (Lipinski definition) is 4. The van der Waals surface area contributed by atoms with Crippen LogP contribution in [0.5, 0.6) is 17.2 Å². The second kappa shape index (κ2) is 20.5. The second-order valence-corrected chi connectivity index (χ2v) is 15.4. The van der Waals surface area contributed by atoms with E-state index in [9.17, 15) is 18.9 Å². The maximum absolute atomic E-state index is 14.2. The third-order valence-electron chi connectivity index (χ3n) is 9.20. The Balaban J connectivity index is 1.30. The number of nitrogens with zero attached hydrogens (tertiary/aromatic N) is 4. The van der Waals surface area contributed by atoms with Crippen LogP contribution in [0.15, 0.2) is 119 Å². The molecular formula is C43H47N8O10P. The summed E-state index contributed by atoms with van der Waals surface area (Å²) in [6.07, 6.45) is 2.77. The topological polar surface area (TPSA) is 233 Å². The molecule has 0 spiro atoms. The van der Waals surface area contributed by atoms with Gasteiger partial charge < -0.3 is 35.1 Å². The standard InChI is InChI=1S/C43H47N8O10P/c1-46-42(53)33-24-51(38(48-41(52)30-18-19-30)23-35(33)47-34-17-11-16-32(39(34)57-4)40(44)49-50(2)45)27-58-43(54)31-20-21-36(56-3)37(22-31)61-62(55,59-25-28-12-7-5-8-13-28)60-26-29-14-9-6-10-15-29/h5-17,20-24,30,47H,18-19,25-27,45H2,1-4H3,(H2,44,49)(H,46,53)/b48-38+. The Hall–Kier alpha value is -6.98. The van der Waals surface area contributed by atoms with Crippen LogP contribution < -0.4 is 41.7 Å². The van der Waals surface area contributed by atoms with Crippen molar-refractivity contribution in [3.63, 3.8) is 0 Å². The van der Waals surface area contributed by atoms with Gasteiger partial charge >= 0.3 is 13.8 Å². The molecule has 0 radical (unpaired) electrons. The third-order valence-corrected chi connectivity index (χ3v) is 10.5. The van der Waals surface area contributed by atoms with Crippen molar-refractivity contribution in [3.05, 3.63) is 143 Å². The number of methoxy groups -OCH3 is 2. The predicted molar refractivity (Wildman–Crippen MR) is 229 cm³/mol. The lowest BCUT2D eigenvalue weighted by atomic mass is 10.1. The number of rotatable bonds is 19. The van der Waals surface area contributed by atoms with Gasteiger partial charge in [0.2, 0.25) is 0 Å². The molecule has 0 saturated heterocycles. The summed E-state index contributed by atoms with van der Waals surface area (Å²) in [5, 5.41) is 10.9. The lowest BCUT2D eigenvalue weighted by Crippen LogP contribution is -2.29. The Morgan fingerprint density at radius 3 is 2.08 bits per heavy atom. The quantitative estimate of drug-likeness (QED) is 0.0198. The van der Waals surface area contributed by atoms with E-state index in [-0.39, 0.29) is 64.7 Å². The molecule has 4 aromatic carbocycles. The van der Waals surface area contributed by atoms with Crippen LogP contribution in [0.25, 0.3) is 0 Å². The van der Waals surface area contributed by atoms with Crippen LogP contribution in [0.4, 0.5) is 11.4 Å². The Morgan fingerprint density at radius 1 is 0.839 bits per heavy atom. The summed E-state index contributed by atoms with van der Waals surface area (Å²) in [5.41, 5.74) is 8.84. The summed E-state index contributed by atoms with van der Waals surface area (Å²) in [7, 11) is 1.42. The first kappa shape index (κ1) is 44.6. The summed E-state index contributed by atoms with van der Waals surface area (Å²) in [5.74, 6) is 4.07. The van der Waals surface area contributed by atoms with Gasteiger partial charge in [0.05, 0.1) is 55.5 Å². The number of aromatic nitrogens is 1. The fraction of sp³-hybridized carbons (Fsp3) is 0.233. The lowest BCUT2D eigenvalue weighted by molar-refractivity contribution is -0.119. The second-order valence-electron chi connectivity index (χ2n) is 13.8. The summed E-state index contributed by atoms with van der Waals surface area (Å²) >= 11 is 0. The number of amidine groups is 1. The van der Waals surface area contributed by atoms with E-state index in [1.54, 1.807) is 42.5 Å². The van der Waals surface area contributed by atoms with Gasteiger partial charge in [0, 0.05) is 32.3 Å². The van der Waals surface area contributed by atoms with Crippen molar-refractivity contribution in [2.24, 2.45) is 27.6 Å². The minimum atomic E-state index is -4.37. The molecule has 2 amide bonds. The van der Waals surface area contributed by atoms with Crippen LogP contribution in [0.1, 0.15) is 50.2 Å². The van der Waals surface area contributed by atoms with Gasteiger partial charge in [-0.3, -0.25) is 23.2 Å². The number of hydrazone groups is 1. The lowest BCUT2D eigenvalue weighted by Gasteiger charge is -2.20. The number of benzene rings is 4. The number of pyridine rings is 1. The van der Waals surface area contributed by atoms with Crippen LogP contribution in [0, 0.1) is 5.92 Å². The van der Waals surface area contributed by atoms with Gasteiger partial charge in [-0.25, -0.2) is 20.3 Å². The molecule has 6 rings (SSSR count). The predicted octanol–water partition coefficient (Wildman–Crippen LogP) is 5.61. The maximum Gasteiger partial charge on any atom is 0.530 e. The first-order valence-electron chi connectivity index (χ1n) is 19.2. The number of nitrogens with two attached hydrogens (primary N) is 2. The molecule has 0 bridgehead atoms. The van der Waals surface area contributed by atoms with Crippen molar-refractivity contribution in [2.45, 2.75) is 32.8 Å². The van der Waals surface area contributed by atoms with Crippen molar-refractivity contribution in [3.8, 4) is 17.2 Å². The number of carbonyl (C=O) groups excluding carboxylic acids is 3. The molecule has 19 heteroatoms. The Morgan fingerprint density at radius 2 is 1.50 bits per heavy atom. The summed E-state index contributed by atoms with van der Waals surface area (Å²) in [4.78, 5) is 44.5. The van der Waals surface area contributed by atoms with Gasteiger partial charge in [-0.2, -0.15) is 4.99 Å². The molecule has 0 atom stereocenters. The average molecular weight is 867 g/mol. The Bertz CT molecular complexity index is 2500. The molecular weight excluding hydrogens is 819 g/mol. The molecule has 62 heavy (non-hydrogen) atoms. The van der Waals surface area contributed by atoms with Crippen LogP contribution >= 0.6 is 7.82 Å². The number of carbonyl (C=O) groups is 3. The fourth-order valence-electron chi connectivity index (χ4n) is 5.91. The zero-order valence-corrected chi connectivity index (χ0v) is 35.4. The first-order chi connectivity index (χ1) is 29.9. The number of hydrazine groups is 1. The number of nitrogens with one attached hydrogen (secondary N) is 2. The highest BCUT2D eigenvalue weighted by molar-refractivity contribution is 7.48. The van der Waals surface area contributed by atoms with Gasteiger partial charge in [-0.15, -0.1) is 5.10 Å². The van der Waals surface area contributed by atoms with E-state index in [1.165, 1.54) is 63.3 Å². The molecule has 5 aromatic rings. The highest BCUT2D eigenvalue weighted by atomic mass is 31.2. The smallest absolute Gasteiger partial charge is 0.494 e. The summed E-state index contributed by atoms with van der Waals surface area (Å²) < 4.78 is 49.9. The van der Waals surface area contributed by atoms with Crippen LogP contribution in [0.3, 0.4) is 0 Å². The van der Waals surface area contributed by atoms with E-state index in [2.05, 4.69) is 20.7 Å². The van der Waals surface area contributed by atoms with Crippen molar-refractivity contribution >= 4 is 42.8 Å². The van der Waals surface area contributed by atoms with Gasteiger partial charge in [-0.1, -0.05) is 66.7 Å². The average Bonchev–Trinajstić information content (AvgIpc) is 4.14. The Kier molecular flexibility index (Phi) is 14.8. The normalized spacial score (nSPS) is 12.9. The molecule has 0 aliphatic heterocycles. The zero-order chi connectivity index (χ0) is 44.2. The molecule has 324 valence electrons. The van der Waals surface area contributed by atoms with E-state index in [0.717, 1.165) is 16.2 Å². The molecule has 0 unspecified atom stereocenters. The molecule has 6 N–H and O–H groups in total. The van der Waals surface area contributed by atoms with E-state index < -0.39 is 26.4 Å². The SMILES string of the molecule is CNC(=O)c1cn(COC(=O)c2ccc(OC)c(OP(=O)(OCc3ccccc3)OCc3ccccc3)c2)/c(=N/C(=O)C2CC2)cc1Nc1cccc(/C(N)=N/N(C)N)c1OC. The van der Waals surface area contributed by atoms with Gasteiger partial charge in [-0.05, 0) is 54.3 Å². The van der Waals surface area contributed by atoms with Crippen LogP contribution in [-0.4, -0.2) is 61.6 Å². The molecule has 1 aliphatic rings. The highest BCUT2D eigenvalue weighted by Crippen LogP contribution is 2.53. The Labute approximate surface area is 357 Å². The number of amides is 2. The van der Waals surface area contributed by atoms with Crippen molar-refractivity contribution < 1.29 is 46.7 Å². The van der Waals surface area contributed by atoms with E-state index in [4.69, 9.17) is 39.4 Å². The maximum atomic E-state index is 14.2. The van der Waals surface area contributed by atoms with Crippen LogP contribution in [0.2, 0.25) is 0 Å². The van der Waals surface area contributed by atoms with Crippen molar-refractivity contribution in [1.82, 2.24) is 15.0 Å². The molecule has 1 aromatic heterocycles. The third kappa shape index (κ3) is 11.6. The summed E-state index contributed by atoms with van der Waals surface area (Å²) in [6, 6.07) is 28.8. The van der Waals surface area contributed by atoms with E-state index >= 15 is 0 Å². The molecule has 1 saturated carbocycles. The fourth-order valence-corrected chi connectivity index (χ4v) is 7.09. The van der Waals surface area contributed by atoms with E-state index in [0.29, 0.717) is 29.8 Å². The van der Waals surface area contributed by atoms with Gasteiger partial charge in [0.1, 0.15) is 5.49 Å². The molecule has 1 fully saturated rings. The number of anilines is 2. The van der Waals surface area contributed by atoms with Gasteiger partial charge in [0.15, 0.2) is 29.8 Å². The number of phosphoric acid groups is 1.